The van der Waals surface area contributed by atoms with E-state index in [4.69, 9.17) is 5.11 Å². The van der Waals surface area contributed by atoms with Crippen molar-refractivity contribution in [1.29, 1.82) is 0 Å². The molecular weight excluding hydrogens is 279 g/mol. The minimum absolute atomic E-state index is 0.216. The van der Waals surface area contributed by atoms with Crippen LogP contribution in [0.1, 0.15) is 29.6 Å². The average Bonchev–Trinajstić information content (AvgIpc) is 2.98. The lowest BCUT2D eigenvalue weighted by Gasteiger charge is -2.20. The highest BCUT2D eigenvalue weighted by atomic mass is 19.1. The summed E-state index contributed by atoms with van der Waals surface area (Å²) < 4.78 is 13.7. The lowest BCUT2D eigenvalue weighted by Crippen LogP contribution is -2.22. The van der Waals surface area contributed by atoms with E-state index >= 15 is 0 Å². The minimum Gasteiger partial charge on any atom is -0.478 e. The quantitative estimate of drug-likeness (QED) is 0.684. The zero-order valence-electron chi connectivity index (χ0n) is 11.3. The molecule has 6 nitrogen and oxygen atoms in total. The number of fused-ring (bicyclic) bond motifs is 1. The van der Waals surface area contributed by atoms with Crippen molar-refractivity contribution in [1.82, 2.24) is 0 Å². The molecule has 112 valence electrons. The topological polar surface area (TPSA) is 83.7 Å². The van der Waals surface area contributed by atoms with E-state index in [1.807, 2.05) is 4.90 Å². The summed E-state index contributed by atoms with van der Waals surface area (Å²) in [6.07, 6.45) is 3.37. The second kappa shape index (κ2) is 4.98. The van der Waals surface area contributed by atoms with Gasteiger partial charge in [0.2, 0.25) is 0 Å². The Balaban J connectivity index is 2.01. The molecule has 3 rings (SSSR count). The largest absolute Gasteiger partial charge is 0.478 e. The molecule has 2 aliphatic rings. The second-order valence-electron chi connectivity index (χ2n) is 5.74. The maximum absolute atomic E-state index is 13.7. The number of anilines is 1. The van der Waals surface area contributed by atoms with Gasteiger partial charge in [-0.05, 0) is 30.7 Å². The summed E-state index contributed by atoms with van der Waals surface area (Å²) in [6.45, 7) is 1.35. The Morgan fingerprint density at radius 3 is 2.48 bits per heavy atom. The normalized spacial score (nSPS) is 24.1. The molecule has 2 fully saturated rings. The molecule has 1 N–H and O–H groups in total. The molecule has 1 saturated heterocycles. The molecule has 0 radical (unpaired) electrons. The van der Waals surface area contributed by atoms with Gasteiger partial charge in [-0.2, -0.15) is 0 Å². The Morgan fingerprint density at radius 2 is 1.95 bits per heavy atom. The number of benzene rings is 1. The summed E-state index contributed by atoms with van der Waals surface area (Å²) in [6, 6.07) is 1.81. The Bertz CT molecular complexity index is 607. The van der Waals surface area contributed by atoms with Gasteiger partial charge in [0.15, 0.2) is 0 Å². The molecule has 1 aromatic rings. The average molecular weight is 294 g/mol. The zero-order chi connectivity index (χ0) is 15.1. The molecule has 0 bridgehead atoms. The Labute approximate surface area is 120 Å². The van der Waals surface area contributed by atoms with E-state index < -0.39 is 22.3 Å². The number of carboxylic acids is 1. The van der Waals surface area contributed by atoms with Crippen LogP contribution >= 0.6 is 0 Å². The predicted octanol–water partition coefficient (Wildman–Crippen LogP) is 2.67. The van der Waals surface area contributed by atoms with E-state index in [0.29, 0.717) is 31.0 Å². The van der Waals surface area contributed by atoms with Gasteiger partial charge in [-0.1, -0.05) is 6.42 Å². The number of rotatable bonds is 3. The first-order chi connectivity index (χ1) is 9.97. The first kappa shape index (κ1) is 13.8. The van der Waals surface area contributed by atoms with E-state index in [1.165, 1.54) is 6.42 Å². The number of hydrogen-bond donors (Lipinski definition) is 1. The molecular formula is C14H15FN2O4. The van der Waals surface area contributed by atoms with E-state index in [2.05, 4.69) is 0 Å². The van der Waals surface area contributed by atoms with Crippen LogP contribution in [0.2, 0.25) is 0 Å². The van der Waals surface area contributed by atoms with Crippen LogP contribution in [0, 0.1) is 27.8 Å². The van der Waals surface area contributed by atoms with Crippen LogP contribution < -0.4 is 4.90 Å². The van der Waals surface area contributed by atoms with Gasteiger partial charge >= 0.3 is 5.97 Å². The lowest BCUT2D eigenvalue weighted by molar-refractivity contribution is -0.384. The smallest absolute Gasteiger partial charge is 0.338 e. The van der Waals surface area contributed by atoms with Gasteiger partial charge in [0.1, 0.15) is 11.5 Å². The third kappa shape index (κ3) is 2.32. The number of nitro groups is 1. The van der Waals surface area contributed by atoms with Crippen molar-refractivity contribution in [3.8, 4) is 0 Å². The molecule has 1 saturated carbocycles. The molecule has 0 aromatic heterocycles. The van der Waals surface area contributed by atoms with Gasteiger partial charge in [-0.15, -0.1) is 0 Å². The van der Waals surface area contributed by atoms with Crippen LogP contribution in [0.4, 0.5) is 15.8 Å². The van der Waals surface area contributed by atoms with Gasteiger partial charge in [0.05, 0.1) is 16.6 Å². The molecule has 1 heterocycles. The first-order valence-electron chi connectivity index (χ1n) is 6.93. The number of carbonyl (C=O) groups is 1. The van der Waals surface area contributed by atoms with Crippen LogP contribution in [-0.4, -0.2) is 29.1 Å². The van der Waals surface area contributed by atoms with Crippen LogP contribution in [0.15, 0.2) is 12.1 Å². The summed E-state index contributed by atoms with van der Waals surface area (Å²) in [5, 5.41) is 20.1. The summed E-state index contributed by atoms with van der Waals surface area (Å²) in [4.78, 5) is 23.3. The second-order valence-corrected chi connectivity index (χ2v) is 5.74. The highest BCUT2D eigenvalue weighted by molar-refractivity contribution is 5.90. The van der Waals surface area contributed by atoms with Crippen LogP contribution in [-0.2, 0) is 0 Å². The SMILES string of the molecule is O=C(O)c1cc(N2CC3CCCC3C2)c([N+](=O)[O-])cc1F. The summed E-state index contributed by atoms with van der Waals surface area (Å²) in [5.41, 5.74) is -0.668. The molecule has 21 heavy (non-hydrogen) atoms. The molecule has 2 unspecified atom stereocenters. The van der Waals surface area contributed by atoms with Crippen molar-refractivity contribution in [3.63, 3.8) is 0 Å². The fourth-order valence-electron chi connectivity index (χ4n) is 3.55. The van der Waals surface area contributed by atoms with Gasteiger partial charge < -0.3 is 10.0 Å². The van der Waals surface area contributed by atoms with Crippen molar-refractivity contribution in [3.05, 3.63) is 33.6 Å². The molecule has 0 amide bonds. The number of halogens is 1. The van der Waals surface area contributed by atoms with E-state index in [0.717, 1.165) is 18.9 Å². The Morgan fingerprint density at radius 1 is 1.33 bits per heavy atom. The van der Waals surface area contributed by atoms with Crippen LogP contribution in [0.25, 0.3) is 0 Å². The standard InChI is InChI=1S/C14H15FN2O4/c15-11-5-13(17(20)21)12(4-10(11)14(18)19)16-6-8-2-1-3-9(8)7-16/h4-5,8-9H,1-3,6-7H2,(H,18,19). The van der Waals surface area contributed by atoms with Crippen molar-refractivity contribution >= 4 is 17.3 Å². The maximum atomic E-state index is 13.7. The van der Waals surface area contributed by atoms with Crippen molar-refractivity contribution < 1.29 is 19.2 Å². The van der Waals surface area contributed by atoms with E-state index in [9.17, 15) is 19.3 Å². The summed E-state index contributed by atoms with van der Waals surface area (Å²) in [7, 11) is 0. The number of nitro benzene ring substituents is 1. The highest BCUT2D eigenvalue weighted by Crippen LogP contribution is 2.42. The van der Waals surface area contributed by atoms with Gasteiger partial charge in [0.25, 0.3) is 5.69 Å². The fourth-order valence-corrected chi connectivity index (χ4v) is 3.55. The third-order valence-corrected chi connectivity index (χ3v) is 4.56. The number of nitrogens with zero attached hydrogens (tertiary/aromatic N) is 2. The van der Waals surface area contributed by atoms with Crippen molar-refractivity contribution in [2.75, 3.05) is 18.0 Å². The number of carboxylic acid groups (broad SMARTS) is 1. The van der Waals surface area contributed by atoms with Gasteiger partial charge in [-0.25, -0.2) is 9.18 Å². The van der Waals surface area contributed by atoms with Crippen LogP contribution in [0.3, 0.4) is 0 Å². The first-order valence-corrected chi connectivity index (χ1v) is 6.93. The predicted molar refractivity (Wildman–Crippen MR) is 73.1 cm³/mol. The van der Waals surface area contributed by atoms with Crippen molar-refractivity contribution in [2.24, 2.45) is 11.8 Å². The number of aromatic carboxylic acids is 1. The third-order valence-electron chi connectivity index (χ3n) is 4.56. The molecule has 1 aliphatic carbocycles. The van der Waals surface area contributed by atoms with Crippen LogP contribution in [0.5, 0.6) is 0 Å². The molecule has 1 aromatic carbocycles. The van der Waals surface area contributed by atoms with E-state index in [1.54, 1.807) is 0 Å². The van der Waals surface area contributed by atoms with E-state index in [-0.39, 0.29) is 11.4 Å². The molecule has 2 atom stereocenters. The Kier molecular flexibility index (Phi) is 3.27. The highest BCUT2D eigenvalue weighted by Gasteiger charge is 2.38. The van der Waals surface area contributed by atoms with Gasteiger partial charge in [-0.3, -0.25) is 10.1 Å². The summed E-state index contributed by atoms with van der Waals surface area (Å²) >= 11 is 0. The van der Waals surface area contributed by atoms with Gasteiger partial charge in [0, 0.05) is 13.1 Å². The minimum atomic E-state index is -1.41. The number of hydrogen-bond acceptors (Lipinski definition) is 4. The van der Waals surface area contributed by atoms with Crippen molar-refractivity contribution in [2.45, 2.75) is 19.3 Å². The maximum Gasteiger partial charge on any atom is 0.338 e. The summed E-state index contributed by atoms with van der Waals surface area (Å²) in [5.74, 6) is -1.48. The molecule has 7 heteroatoms. The lowest BCUT2D eigenvalue weighted by atomic mass is 10.0. The molecule has 0 spiro atoms. The zero-order valence-corrected chi connectivity index (χ0v) is 11.3. The molecule has 1 aliphatic heterocycles. The monoisotopic (exact) mass is 294 g/mol. The Hall–Kier alpha value is -2.18. The fraction of sp³-hybridized carbons (Fsp3) is 0.500.